The number of hydrogen-bond acceptors (Lipinski definition) is 4. The molecule has 1 saturated heterocycles. The van der Waals surface area contributed by atoms with E-state index in [0.717, 1.165) is 12.8 Å². The fourth-order valence-corrected chi connectivity index (χ4v) is 3.00. The molecule has 0 spiro atoms. The van der Waals surface area contributed by atoms with Crippen LogP contribution in [-0.2, 0) is 9.59 Å². The van der Waals surface area contributed by atoms with Crippen molar-refractivity contribution >= 4 is 29.2 Å². The summed E-state index contributed by atoms with van der Waals surface area (Å²) in [6.45, 7) is 3.54. The summed E-state index contributed by atoms with van der Waals surface area (Å²) in [6.07, 6.45) is 1.98. The summed E-state index contributed by atoms with van der Waals surface area (Å²) >= 11 is 0. The quantitative estimate of drug-likeness (QED) is 0.856. The summed E-state index contributed by atoms with van der Waals surface area (Å²) < 4.78 is 5.28. The van der Waals surface area contributed by atoms with Gasteiger partial charge in [0, 0.05) is 44.7 Å². The molecule has 0 bridgehead atoms. The van der Waals surface area contributed by atoms with Gasteiger partial charge in [0.25, 0.3) is 0 Å². The summed E-state index contributed by atoms with van der Waals surface area (Å²) in [5, 5.41) is 5.51. The Bertz CT molecular complexity index is 709. The number of amides is 4. The molecule has 0 unspecified atom stereocenters. The fraction of sp³-hybridized carbons (Fsp3) is 0.500. The Labute approximate surface area is 152 Å². The molecule has 0 aromatic heterocycles. The zero-order chi connectivity index (χ0) is 18.7. The predicted molar refractivity (Wildman–Crippen MR) is 97.2 cm³/mol. The number of piperazine rings is 1. The molecular weight excluding hydrogens is 336 g/mol. The first-order valence-electron chi connectivity index (χ1n) is 8.78. The van der Waals surface area contributed by atoms with E-state index in [-0.39, 0.29) is 23.8 Å². The van der Waals surface area contributed by atoms with Gasteiger partial charge in [0.15, 0.2) is 0 Å². The minimum absolute atomic E-state index is 0.191. The highest BCUT2D eigenvalue weighted by molar-refractivity contribution is 5.94. The molecule has 1 aliphatic carbocycles. The van der Waals surface area contributed by atoms with Gasteiger partial charge in [0.1, 0.15) is 5.75 Å². The van der Waals surface area contributed by atoms with Crippen LogP contribution in [0.1, 0.15) is 19.8 Å². The lowest BCUT2D eigenvalue weighted by atomic mass is 10.2. The molecule has 1 aromatic carbocycles. The molecule has 1 aromatic rings. The van der Waals surface area contributed by atoms with Crippen molar-refractivity contribution < 1.29 is 19.1 Å². The third kappa shape index (κ3) is 4.25. The SMILES string of the molecule is COc1ccc(NC(C)=O)cc1NC(=O)N1CCN(C(=O)C2CC2)CC1. The van der Waals surface area contributed by atoms with Crippen LogP contribution in [0.25, 0.3) is 0 Å². The van der Waals surface area contributed by atoms with E-state index in [0.29, 0.717) is 43.3 Å². The number of ether oxygens (including phenoxy) is 1. The van der Waals surface area contributed by atoms with E-state index < -0.39 is 0 Å². The van der Waals surface area contributed by atoms with Crippen molar-refractivity contribution in [2.75, 3.05) is 43.9 Å². The topological polar surface area (TPSA) is 91.0 Å². The second-order valence-corrected chi connectivity index (χ2v) is 6.61. The van der Waals surface area contributed by atoms with Crippen molar-refractivity contribution in [3.63, 3.8) is 0 Å². The van der Waals surface area contributed by atoms with Gasteiger partial charge in [-0.15, -0.1) is 0 Å². The number of carbonyl (C=O) groups is 3. The van der Waals surface area contributed by atoms with Gasteiger partial charge in [-0.1, -0.05) is 0 Å². The van der Waals surface area contributed by atoms with E-state index >= 15 is 0 Å². The van der Waals surface area contributed by atoms with Crippen LogP contribution in [0.5, 0.6) is 5.75 Å². The molecule has 8 nitrogen and oxygen atoms in total. The van der Waals surface area contributed by atoms with E-state index in [9.17, 15) is 14.4 Å². The van der Waals surface area contributed by atoms with Crippen molar-refractivity contribution in [1.82, 2.24) is 9.80 Å². The molecule has 2 aliphatic rings. The predicted octanol–water partition coefficient (Wildman–Crippen LogP) is 1.74. The third-order valence-electron chi connectivity index (χ3n) is 4.57. The van der Waals surface area contributed by atoms with Gasteiger partial charge in [0.05, 0.1) is 12.8 Å². The first kappa shape index (κ1) is 18.0. The highest BCUT2D eigenvalue weighted by atomic mass is 16.5. The lowest BCUT2D eigenvalue weighted by Crippen LogP contribution is -2.52. The molecule has 0 radical (unpaired) electrons. The maximum absolute atomic E-state index is 12.6. The number of hydrogen-bond donors (Lipinski definition) is 2. The van der Waals surface area contributed by atoms with E-state index in [2.05, 4.69) is 10.6 Å². The second kappa shape index (κ2) is 7.63. The molecule has 1 heterocycles. The van der Waals surface area contributed by atoms with Crippen LogP contribution in [0.15, 0.2) is 18.2 Å². The van der Waals surface area contributed by atoms with E-state index in [4.69, 9.17) is 4.74 Å². The van der Waals surface area contributed by atoms with Crippen LogP contribution in [0.3, 0.4) is 0 Å². The molecule has 2 fully saturated rings. The Hall–Kier alpha value is -2.77. The van der Waals surface area contributed by atoms with Crippen LogP contribution in [-0.4, -0.2) is 60.9 Å². The van der Waals surface area contributed by atoms with Crippen molar-refractivity contribution in [2.24, 2.45) is 5.92 Å². The molecule has 0 atom stereocenters. The Morgan fingerprint density at radius 3 is 2.27 bits per heavy atom. The zero-order valence-electron chi connectivity index (χ0n) is 15.1. The molecule has 140 valence electrons. The Morgan fingerprint density at radius 2 is 1.69 bits per heavy atom. The molecule has 2 N–H and O–H groups in total. The maximum atomic E-state index is 12.6. The monoisotopic (exact) mass is 360 g/mol. The second-order valence-electron chi connectivity index (χ2n) is 6.61. The van der Waals surface area contributed by atoms with E-state index in [1.54, 1.807) is 23.1 Å². The largest absolute Gasteiger partial charge is 0.495 e. The molecule has 4 amide bonds. The Balaban J connectivity index is 1.60. The first-order valence-corrected chi connectivity index (χ1v) is 8.78. The maximum Gasteiger partial charge on any atom is 0.322 e. The average Bonchev–Trinajstić information content (AvgIpc) is 3.46. The summed E-state index contributed by atoms with van der Waals surface area (Å²) in [5.41, 5.74) is 1.06. The number of benzene rings is 1. The van der Waals surface area contributed by atoms with Crippen molar-refractivity contribution in [3.05, 3.63) is 18.2 Å². The molecule has 26 heavy (non-hydrogen) atoms. The van der Waals surface area contributed by atoms with Crippen LogP contribution >= 0.6 is 0 Å². The normalized spacial score (nSPS) is 16.8. The van der Waals surface area contributed by atoms with Crippen LogP contribution in [0, 0.1) is 5.92 Å². The van der Waals surface area contributed by atoms with Gasteiger partial charge in [-0.2, -0.15) is 0 Å². The minimum Gasteiger partial charge on any atom is -0.495 e. The smallest absolute Gasteiger partial charge is 0.322 e. The summed E-state index contributed by atoms with van der Waals surface area (Å²) in [6, 6.07) is 4.80. The molecule has 1 aliphatic heterocycles. The number of carbonyl (C=O) groups excluding carboxylic acids is 3. The van der Waals surface area contributed by atoms with Gasteiger partial charge in [-0.05, 0) is 31.0 Å². The molecular formula is C18H24N4O4. The van der Waals surface area contributed by atoms with E-state index in [1.807, 2.05) is 4.90 Å². The summed E-state index contributed by atoms with van der Waals surface area (Å²) in [5.74, 6) is 0.741. The van der Waals surface area contributed by atoms with Gasteiger partial charge in [0.2, 0.25) is 11.8 Å². The molecule has 1 saturated carbocycles. The zero-order valence-corrected chi connectivity index (χ0v) is 15.1. The van der Waals surface area contributed by atoms with Crippen LogP contribution < -0.4 is 15.4 Å². The van der Waals surface area contributed by atoms with Gasteiger partial charge in [-0.25, -0.2) is 4.79 Å². The number of rotatable bonds is 4. The Morgan fingerprint density at radius 1 is 1.04 bits per heavy atom. The number of urea groups is 1. The fourth-order valence-electron chi connectivity index (χ4n) is 3.00. The third-order valence-corrected chi connectivity index (χ3v) is 4.57. The summed E-state index contributed by atoms with van der Waals surface area (Å²) in [4.78, 5) is 39.4. The molecule has 3 rings (SSSR count). The lowest BCUT2D eigenvalue weighted by molar-refractivity contribution is -0.133. The minimum atomic E-state index is -0.248. The van der Waals surface area contributed by atoms with E-state index in [1.165, 1.54) is 14.0 Å². The highest BCUT2D eigenvalue weighted by Gasteiger charge is 2.35. The van der Waals surface area contributed by atoms with Crippen molar-refractivity contribution in [1.29, 1.82) is 0 Å². The summed E-state index contributed by atoms with van der Waals surface area (Å²) in [7, 11) is 1.52. The van der Waals surface area contributed by atoms with Crippen molar-refractivity contribution in [2.45, 2.75) is 19.8 Å². The number of anilines is 2. The number of nitrogens with one attached hydrogen (secondary N) is 2. The van der Waals surface area contributed by atoms with Gasteiger partial charge < -0.3 is 25.2 Å². The Kier molecular flexibility index (Phi) is 5.29. The lowest BCUT2D eigenvalue weighted by Gasteiger charge is -2.35. The number of nitrogens with zero attached hydrogens (tertiary/aromatic N) is 2. The standard InChI is InChI=1S/C18H24N4O4/c1-12(23)19-14-5-6-16(26-2)15(11-14)20-18(25)22-9-7-21(8-10-22)17(24)13-3-4-13/h5-6,11,13H,3-4,7-10H2,1-2H3,(H,19,23)(H,20,25). The molecule has 8 heteroatoms. The van der Waals surface area contributed by atoms with Crippen molar-refractivity contribution in [3.8, 4) is 5.75 Å². The van der Waals surface area contributed by atoms with Crippen LogP contribution in [0.4, 0.5) is 16.2 Å². The van der Waals surface area contributed by atoms with Gasteiger partial charge >= 0.3 is 6.03 Å². The number of methoxy groups -OCH3 is 1. The first-order chi connectivity index (χ1) is 12.5. The average molecular weight is 360 g/mol. The highest BCUT2D eigenvalue weighted by Crippen LogP contribution is 2.31. The van der Waals surface area contributed by atoms with Crippen LogP contribution in [0.2, 0.25) is 0 Å². The van der Waals surface area contributed by atoms with Gasteiger partial charge in [-0.3, -0.25) is 9.59 Å².